The molecule has 0 saturated heterocycles. The Bertz CT molecular complexity index is 3560. The second-order valence-corrected chi connectivity index (χ2v) is 16.7. The van der Waals surface area contributed by atoms with Crippen LogP contribution in [0.1, 0.15) is 31.8 Å². The van der Waals surface area contributed by atoms with Crippen molar-refractivity contribution in [3.05, 3.63) is 199 Å². The Morgan fingerprint density at radius 1 is 0.517 bits per heavy atom. The highest BCUT2D eigenvalue weighted by Gasteiger charge is 2.39. The molecular weight excluding hydrogens is 723 g/mol. The van der Waals surface area contributed by atoms with E-state index in [1.807, 2.05) is 29.5 Å². The molecule has 0 fully saturated rings. The summed E-state index contributed by atoms with van der Waals surface area (Å²) in [7, 11) is 0. The molecule has 2 nitrogen and oxygen atoms in total. The van der Waals surface area contributed by atoms with E-state index in [1.165, 1.54) is 42.4 Å². The number of nitrogens with zero attached hydrogens (tertiary/aromatic N) is 1. The first-order valence-electron chi connectivity index (χ1n) is 22.1. The molecule has 0 unspecified atom stereocenters. The van der Waals surface area contributed by atoms with E-state index < -0.39 is 6.04 Å². The zero-order valence-corrected chi connectivity index (χ0v) is 32.6. The minimum absolute atomic E-state index is 0.179. The quantitative estimate of drug-likeness (QED) is 0.173. The van der Waals surface area contributed by atoms with Crippen LogP contribution in [0.4, 0.5) is 17.1 Å². The first-order valence-corrected chi connectivity index (χ1v) is 20.4. The van der Waals surface area contributed by atoms with E-state index in [4.69, 9.17) is 11.6 Å². The van der Waals surface area contributed by atoms with Gasteiger partial charge < -0.3 is 9.64 Å². The van der Waals surface area contributed by atoms with Gasteiger partial charge in [0.05, 0.1) is 22.9 Å². The third-order valence-corrected chi connectivity index (χ3v) is 13.4. The van der Waals surface area contributed by atoms with Gasteiger partial charge in [0.1, 0.15) is 11.5 Å². The van der Waals surface area contributed by atoms with Gasteiger partial charge in [0.15, 0.2) is 0 Å². The Morgan fingerprint density at radius 2 is 1.21 bits per heavy atom. The molecule has 0 bridgehead atoms. The van der Waals surface area contributed by atoms with E-state index in [1.54, 1.807) is 6.07 Å². The van der Waals surface area contributed by atoms with E-state index in [0.29, 0.717) is 11.3 Å². The Hall–Kier alpha value is -6.94. The Morgan fingerprint density at radius 3 is 2.10 bits per heavy atom. The van der Waals surface area contributed by atoms with E-state index in [0.717, 1.165) is 55.8 Å². The molecule has 3 heteroatoms. The van der Waals surface area contributed by atoms with Crippen molar-refractivity contribution in [1.82, 2.24) is 0 Å². The summed E-state index contributed by atoms with van der Waals surface area (Å²) in [6.45, 7) is 4.69. The summed E-state index contributed by atoms with van der Waals surface area (Å²) in [5, 5.41) is 4.13. The molecule has 0 amide bonds. The minimum atomic E-state index is -0.406. The van der Waals surface area contributed by atoms with Crippen molar-refractivity contribution >= 4 is 59.3 Å². The third kappa shape index (κ3) is 4.84. The van der Waals surface area contributed by atoms with Crippen LogP contribution < -0.4 is 9.64 Å². The van der Waals surface area contributed by atoms with E-state index in [2.05, 4.69) is 152 Å². The average Bonchev–Trinajstić information content (AvgIpc) is 3.81. The smallest absolute Gasteiger partial charge is 0.135 e. The number of anilines is 3. The number of ether oxygens (including phenoxy) is 1. The summed E-state index contributed by atoms with van der Waals surface area (Å²) in [5.41, 5.74) is 13.1. The lowest BCUT2D eigenvalue weighted by Crippen LogP contribution is -2.20. The first kappa shape index (κ1) is 28.5. The topological polar surface area (TPSA) is 12.5 Å². The van der Waals surface area contributed by atoms with Crippen LogP contribution in [-0.2, 0) is 5.41 Å². The SMILES string of the molecule is [2H]c1c([2H])c([2H])c(-c2ccc3c4c(cccc24)-c2ccc(-c4ccc(N(c5cccc6c5C(C)(C)c5ccccc5-6)c5cccc6c5sc5ccccc56)cc4)cc2O3)c([2H])c1[2H]. The number of hydrogen-bond acceptors (Lipinski definition) is 3. The second kappa shape index (κ2) is 12.5. The zero-order valence-electron chi connectivity index (χ0n) is 36.8. The maximum absolute atomic E-state index is 8.68. The van der Waals surface area contributed by atoms with Crippen LogP contribution in [-0.4, -0.2) is 0 Å². The highest BCUT2D eigenvalue weighted by molar-refractivity contribution is 7.26. The molecule has 2 heterocycles. The summed E-state index contributed by atoms with van der Waals surface area (Å²) in [6, 6.07) is 54.1. The van der Waals surface area contributed by atoms with Gasteiger partial charge in [-0.3, -0.25) is 0 Å². The fraction of sp³-hybridized carbons (Fsp3) is 0.0545. The van der Waals surface area contributed by atoms with Crippen molar-refractivity contribution in [1.29, 1.82) is 0 Å². The van der Waals surface area contributed by atoms with E-state index in [9.17, 15) is 0 Å². The summed E-state index contributed by atoms with van der Waals surface area (Å²) in [4.78, 5) is 2.46. The molecule has 274 valence electrons. The summed E-state index contributed by atoms with van der Waals surface area (Å²) in [6.07, 6.45) is 0. The lowest BCUT2D eigenvalue weighted by molar-refractivity contribution is 0.487. The van der Waals surface area contributed by atoms with Gasteiger partial charge in [0.25, 0.3) is 0 Å². The molecule has 1 aliphatic heterocycles. The van der Waals surface area contributed by atoms with Gasteiger partial charge in [-0.1, -0.05) is 153 Å². The highest BCUT2D eigenvalue weighted by atomic mass is 32.1. The van der Waals surface area contributed by atoms with Gasteiger partial charge in [-0.05, 0) is 104 Å². The molecule has 0 atom stereocenters. The largest absolute Gasteiger partial charge is 0.456 e. The Labute approximate surface area is 348 Å². The lowest BCUT2D eigenvalue weighted by Gasteiger charge is -2.32. The summed E-state index contributed by atoms with van der Waals surface area (Å²) >= 11 is 1.84. The van der Waals surface area contributed by atoms with Crippen molar-refractivity contribution in [3.8, 4) is 56.0 Å². The average molecular weight is 765 g/mol. The van der Waals surface area contributed by atoms with Gasteiger partial charge in [-0.25, -0.2) is 0 Å². The fourth-order valence-corrected chi connectivity index (χ4v) is 10.7. The molecule has 1 aromatic heterocycles. The van der Waals surface area contributed by atoms with Crippen LogP contribution in [0.2, 0.25) is 0 Å². The highest BCUT2D eigenvalue weighted by Crippen LogP contribution is 2.56. The van der Waals surface area contributed by atoms with Crippen molar-refractivity contribution in [2.24, 2.45) is 0 Å². The number of hydrogen-bond donors (Lipinski definition) is 0. The molecule has 1 aliphatic carbocycles. The van der Waals surface area contributed by atoms with Crippen LogP contribution >= 0.6 is 11.3 Å². The van der Waals surface area contributed by atoms with Gasteiger partial charge >= 0.3 is 0 Å². The normalized spacial score (nSPS) is 14.5. The number of fused-ring (bicyclic) bond motifs is 8. The van der Waals surface area contributed by atoms with Crippen molar-refractivity contribution in [2.75, 3.05) is 4.90 Å². The fourth-order valence-electron chi connectivity index (χ4n) is 9.54. The van der Waals surface area contributed by atoms with Crippen LogP contribution in [0.15, 0.2) is 188 Å². The van der Waals surface area contributed by atoms with Crippen LogP contribution in [0.3, 0.4) is 0 Å². The Kier molecular flexibility index (Phi) is 6.15. The predicted octanol–water partition coefficient (Wildman–Crippen LogP) is 16.1. The van der Waals surface area contributed by atoms with Gasteiger partial charge in [0, 0.05) is 37.5 Å². The molecule has 58 heavy (non-hydrogen) atoms. The molecule has 0 radical (unpaired) electrons. The van der Waals surface area contributed by atoms with Crippen molar-refractivity contribution < 1.29 is 11.6 Å². The molecule has 0 N–H and O–H groups in total. The number of rotatable bonds is 5. The molecule has 12 rings (SSSR count). The maximum Gasteiger partial charge on any atom is 0.135 e. The first-order chi connectivity index (χ1) is 30.6. The number of benzene rings is 9. The lowest BCUT2D eigenvalue weighted by atomic mass is 9.81. The third-order valence-electron chi connectivity index (χ3n) is 12.1. The van der Waals surface area contributed by atoms with Gasteiger partial charge in [-0.2, -0.15) is 0 Å². The van der Waals surface area contributed by atoms with Crippen molar-refractivity contribution in [3.63, 3.8) is 0 Å². The predicted molar refractivity (Wildman–Crippen MR) is 245 cm³/mol. The standard InChI is InChI=1S/C55H37NOS/c1-55(2)46-21-8-6-15-39(46)44-19-11-22-47(53(44)55)56(48-23-12-20-45-41-16-7-9-24-51(41)58-54(45)48)37-28-25-34(26-29-37)36-27-30-40-43-18-10-17-42-38(35-13-4-3-5-14-35)31-32-49(52(42)43)57-50(40)33-36/h3-33H,1-2H3/i3D,4D,5D,13D,14D. The maximum atomic E-state index is 8.68. The molecule has 0 spiro atoms. The Balaban J connectivity index is 0.970. The molecule has 10 aromatic rings. The van der Waals surface area contributed by atoms with Gasteiger partial charge in [-0.15, -0.1) is 11.3 Å². The van der Waals surface area contributed by atoms with Crippen molar-refractivity contribution in [2.45, 2.75) is 19.3 Å². The monoisotopic (exact) mass is 764 g/mol. The molecular formula is C55H37NOS. The minimum Gasteiger partial charge on any atom is -0.456 e. The molecule has 2 aliphatic rings. The second-order valence-electron chi connectivity index (χ2n) is 15.7. The van der Waals surface area contributed by atoms with Gasteiger partial charge in [0.2, 0.25) is 0 Å². The summed E-state index contributed by atoms with van der Waals surface area (Å²) in [5.74, 6) is 1.38. The molecule has 0 saturated carbocycles. The van der Waals surface area contributed by atoms with E-state index >= 15 is 0 Å². The number of thiophene rings is 1. The zero-order chi connectivity index (χ0) is 42.9. The summed E-state index contributed by atoms with van der Waals surface area (Å²) < 4.78 is 51.2. The molecule has 9 aromatic carbocycles. The van der Waals surface area contributed by atoms with Crippen LogP contribution in [0.5, 0.6) is 11.5 Å². The van der Waals surface area contributed by atoms with Crippen LogP contribution in [0.25, 0.3) is 75.5 Å². The van der Waals surface area contributed by atoms with E-state index in [-0.39, 0.29) is 35.1 Å². The van der Waals surface area contributed by atoms with Crippen LogP contribution in [0, 0.1) is 0 Å².